The smallest absolute Gasteiger partial charge is 0.320 e. The van der Waals surface area contributed by atoms with Gasteiger partial charge in [0.15, 0.2) is 11.4 Å². The Morgan fingerprint density at radius 1 is 0.927 bits per heavy atom. The molecule has 6 aromatic rings. The maximum Gasteiger partial charge on any atom is 0.435 e. The molecule has 0 saturated carbocycles. The van der Waals surface area contributed by atoms with Crippen LogP contribution in [0, 0.1) is 5.82 Å². The Hall–Kier alpha value is -4.68. The zero-order chi connectivity index (χ0) is 28.7. The van der Waals surface area contributed by atoms with E-state index in [-0.39, 0.29) is 16.9 Å². The summed E-state index contributed by atoms with van der Waals surface area (Å²) in [5.41, 5.74) is -0.353. The van der Waals surface area contributed by atoms with E-state index in [0.29, 0.717) is 26.5 Å². The third-order valence-electron chi connectivity index (χ3n) is 6.19. The van der Waals surface area contributed by atoms with Crippen molar-refractivity contribution in [3.8, 4) is 28.1 Å². The lowest BCUT2D eigenvalue weighted by Crippen LogP contribution is -2.21. The molecule has 0 aliphatic heterocycles. The molecule has 0 fully saturated rings. The molecule has 0 radical (unpaired) electrons. The van der Waals surface area contributed by atoms with E-state index in [4.69, 9.17) is 11.6 Å². The van der Waals surface area contributed by atoms with Crippen LogP contribution in [-0.4, -0.2) is 30.9 Å². The molecule has 7 nitrogen and oxygen atoms in total. The van der Waals surface area contributed by atoms with Crippen molar-refractivity contribution in [3.05, 3.63) is 107 Å². The van der Waals surface area contributed by atoms with Gasteiger partial charge in [-0.2, -0.15) is 13.2 Å². The van der Waals surface area contributed by atoms with Crippen molar-refractivity contribution in [2.24, 2.45) is 0 Å². The minimum Gasteiger partial charge on any atom is -0.320 e. The normalized spacial score (nSPS) is 11.6. The van der Waals surface area contributed by atoms with Crippen LogP contribution >= 0.6 is 22.9 Å². The minimum atomic E-state index is -4.97. The third kappa shape index (κ3) is 5.03. The monoisotopic (exact) mass is 594 g/mol. The van der Waals surface area contributed by atoms with Gasteiger partial charge in [0, 0.05) is 27.2 Å². The number of alkyl halides is 3. The second kappa shape index (κ2) is 10.4. The summed E-state index contributed by atoms with van der Waals surface area (Å²) in [6.07, 6.45) is -3.53. The SMILES string of the molecule is O=C(Nc1ccc(-c2ccccc2-c2ncnc3sccc23)c(F)c1)c1nnn(-c2ccc(Cl)cc2)c1C(F)(F)F. The maximum atomic E-state index is 15.5. The summed E-state index contributed by atoms with van der Waals surface area (Å²) in [5, 5.41) is 12.3. The number of fused-ring (bicyclic) bond motifs is 1. The van der Waals surface area contributed by atoms with Gasteiger partial charge < -0.3 is 5.32 Å². The quantitative estimate of drug-likeness (QED) is 0.207. The lowest BCUT2D eigenvalue weighted by molar-refractivity contribution is -0.143. The molecule has 0 saturated heterocycles. The van der Waals surface area contributed by atoms with Crippen LogP contribution in [0.3, 0.4) is 0 Å². The van der Waals surface area contributed by atoms with E-state index >= 15 is 4.39 Å². The van der Waals surface area contributed by atoms with E-state index in [1.165, 1.54) is 54.1 Å². The van der Waals surface area contributed by atoms with Crippen molar-refractivity contribution in [3.63, 3.8) is 0 Å². The van der Waals surface area contributed by atoms with Gasteiger partial charge in [-0.15, -0.1) is 16.4 Å². The summed E-state index contributed by atoms with van der Waals surface area (Å²) in [6.45, 7) is 0. The van der Waals surface area contributed by atoms with E-state index in [9.17, 15) is 18.0 Å². The van der Waals surface area contributed by atoms with Crippen LogP contribution < -0.4 is 5.32 Å². The van der Waals surface area contributed by atoms with Crippen LogP contribution in [0.25, 0.3) is 38.3 Å². The molecule has 41 heavy (non-hydrogen) atoms. The third-order valence-corrected chi connectivity index (χ3v) is 7.26. The topological polar surface area (TPSA) is 85.6 Å². The Balaban J connectivity index is 1.33. The Morgan fingerprint density at radius 2 is 1.68 bits per heavy atom. The van der Waals surface area contributed by atoms with Crippen LogP contribution in [0.5, 0.6) is 0 Å². The number of benzene rings is 3. The van der Waals surface area contributed by atoms with Crippen molar-refractivity contribution < 1.29 is 22.4 Å². The van der Waals surface area contributed by atoms with Gasteiger partial charge >= 0.3 is 6.18 Å². The number of amides is 1. The highest BCUT2D eigenvalue weighted by Gasteiger charge is 2.42. The molecule has 3 aromatic heterocycles. The molecule has 3 heterocycles. The zero-order valence-corrected chi connectivity index (χ0v) is 22.1. The minimum absolute atomic E-state index is 0.00533. The second-order valence-corrected chi connectivity index (χ2v) is 10.1. The molecule has 0 unspecified atom stereocenters. The predicted molar refractivity (Wildman–Crippen MR) is 148 cm³/mol. The van der Waals surface area contributed by atoms with Crippen molar-refractivity contribution in [2.75, 3.05) is 5.32 Å². The zero-order valence-electron chi connectivity index (χ0n) is 20.5. The molecule has 1 N–H and O–H groups in total. The molecule has 13 heteroatoms. The first-order chi connectivity index (χ1) is 19.7. The highest BCUT2D eigenvalue weighted by molar-refractivity contribution is 7.16. The predicted octanol–water partition coefficient (Wildman–Crippen LogP) is 7.67. The Kier molecular flexibility index (Phi) is 6.72. The fourth-order valence-corrected chi connectivity index (χ4v) is 5.24. The van der Waals surface area contributed by atoms with Gasteiger partial charge in [-0.25, -0.2) is 19.0 Å². The number of hydrogen-bond donors (Lipinski definition) is 1. The molecule has 6 rings (SSSR count). The van der Waals surface area contributed by atoms with Crippen molar-refractivity contribution in [1.29, 1.82) is 0 Å². The number of anilines is 1. The molecule has 0 spiro atoms. The van der Waals surface area contributed by atoms with Crippen LogP contribution in [-0.2, 0) is 6.18 Å². The van der Waals surface area contributed by atoms with Gasteiger partial charge in [0.2, 0.25) is 0 Å². The summed E-state index contributed by atoms with van der Waals surface area (Å²) in [5.74, 6) is -1.90. The standard InChI is InChI=1S/C28H15ClF4N6OS/c29-15-5-8-17(9-6-15)39-25(28(31,32)33)24(37-38-39)26(40)36-16-7-10-19(22(30)13-16)18-3-1-2-4-20(18)23-21-11-12-41-27(21)35-14-34-23/h1-14H,(H,36,40). The van der Waals surface area contributed by atoms with E-state index < -0.39 is 29.3 Å². The summed E-state index contributed by atoms with van der Waals surface area (Å²) >= 11 is 7.29. The molecular formula is C28H15ClF4N6OS. The van der Waals surface area contributed by atoms with Crippen LogP contribution in [0.1, 0.15) is 16.2 Å². The molecule has 1 amide bonds. The summed E-state index contributed by atoms with van der Waals surface area (Å²) in [6, 6.07) is 18.2. The molecule has 204 valence electrons. The number of aromatic nitrogens is 5. The number of hydrogen-bond acceptors (Lipinski definition) is 6. The van der Waals surface area contributed by atoms with Gasteiger partial charge in [-0.1, -0.05) is 41.1 Å². The second-order valence-electron chi connectivity index (χ2n) is 8.73. The number of nitrogens with one attached hydrogen (secondary N) is 1. The van der Waals surface area contributed by atoms with Gasteiger partial charge in [-0.05, 0) is 59.5 Å². The summed E-state index contributed by atoms with van der Waals surface area (Å²) in [7, 11) is 0. The molecule has 0 aliphatic rings. The molecular weight excluding hydrogens is 580 g/mol. The van der Waals surface area contributed by atoms with E-state index in [0.717, 1.165) is 16.3 Å². The highest BCUT2D eigenvalue weighted by Crippen LogP contribution is 2.37. The maximum absolute atomic E-state index is 15.5. The lowest BCUT2D eigenvalue weighted by Gasteiger charge is -2.13. The van der Waals surface area contributed by atoms with Crippen LogP contribution in [0.15, 0.2) is 84.5 Å². The first kappa shape index (κ1) is 26.5. The first-order valence-electron chi connectivity index (χ1n) is 11.9. The van der Waals surface area contributed by atoms with Gasteiger partial charge in [-0.3, -0.25) is 4.79 Å². The van der Waals surface area contributed by atoms with Crippen molar-refractivity contribution in [2.45, 2.75) is 6.18 Å². The first-order valence-corrected chi connectivity index (χ1v) is 13.1. The average Bonchev–Trinajstić information content (AvgIpc) is 3.62. The largest absolute Gasteiger partial charge is 0.435 e. The fourth-order valence-electron chi connectivity index (χ4n) is 4.38. The van der Waals surface area contributed by atoms with Gasteiger partial charge in [0.1, 0.15) is 17.0 Å². The fraction of sp³-hybridized carbons (Fsp3) is 0.0357. The molecule has 3 aromatic carbocycles. The molecule has 0 aliphatic carbocycles. The summed E-state index contributed by atoms with van der Waals surface area (Å²) in [4.78, 5) is 22.4. The van der Waals surface area contributed by atoms with Crippen molar-refractivity contribution in [1.82, 2.24) is 25.0 Å². The van der Waals surface area contributed by atoms with Crippen molar-refractivity contribution >= 4 is 44.7 Å². The number of halogens is 5. The van der Waals surface area contributed by atoms with E-state index in [2.05, 4.69) is 25.6 Å². The number of carbonyl (C=O) groups excluding carboxylic acids is 1. The molecule has 0 bridgehead atoms. The van der Waals surface area contributed by atoms with Gasteiger partial charge in [0.25, 0.3) is 5.91 Å². The Bertz CT molecular complexity index is 1920. The van der Waals surface area contributed by atoms with Gasteiger partial charge in [0.05, 0.1) is 11.4 Å². The number of thiophene rings is 1. The highest BCUT2D eigenvalue weighted by atomic mass is 35.5. The number of carbonyl (C=O) groups is 1. The Morgan fingerprint density at radius 3 is 2.41 bits per heavy atom. The lowest BCUT2D eigenvalue weighted by atomic mass is 9.96. The number of rotatable bonds is 5. The number of nitrogens with zero attached hydrogens (tertiary/aromatic N) is 5. The summed E-state index contributed by atoms with van der Waals surface area (Å²) < 4.78 is 57.9. The van der Waals surface area contributed by atoms with Crippen LogP contribution in [0.4, 0.5) is 23.2 Å². The average molecular weight is 595 g/mol. The Labute approximate surface area is 238 Å². The van der Waals surface area contributed by atoms with Crippen LogP contribution in [0.2, 0.25) is 5.02 Å². The van der Waals surface area contributed by atoms with E-state index in [1.54, 1.807) is 18.2 Å². The molecule has 0 atom stereocenters. The van der Waals surface area contributed by atoms with E-state index in [1.807, 2.05) is 17.5 Å².